The fourth-order valence-electron chi connectivity index (χ4n) is 0.820. The molecular weight excluding hydrogens is 244 g/mol. The zero-order valence-corrected chi connectivity index (χ0v) is 9.63. The number of hydrazone groups is 1. The van der Waals surface area contributed by atoms with E-state index < -0.39 is 0 Å². The minimum absolute atomic E-state index is 0.107. The summed E-state index contributed by atoms with van der Waals surface area (Å²) < 4.78 is 0.290. The molecule has 1 rings (SSSR count). The SMILES string of the molecule is CC(=O)C(Br)=NNc1ccc(C)cc1. The molecule has 0 aliphatic heterocycles. The molecule has 0 radical (unpaired) electrons. The molecule has 1 aromatic carbocycles. The van der Waals surface area contributed by atoms with Crippen LogP contribution >= 0.6 is 15.9 Å². The number of rotatable bonds is 3. The average molecular weight is 255 g/mol. The number of benzene rings is 1. The average Bonchev–Trinajstić information content (AvgIpc) is 2.16. The largest absolute Gasteiger partial charge is 0.292 e. The predicted molar refractivity (Wildman–Crippen MR) is 61.8 cm³/mol. The van der Waals surface area contributed by atoms with Crippen LogP contribution in [0.4, 0.5) is 5.69 Å². The Labute approximate surface area is 91.3 Å². The highest BCUT2D eigenvalue weighted by Gasteiger charge is 1.99. The van der Waals surface area contributed by atoms with Crippen molar-refractivity contribution >= 4 is 32.0 Å². The van der Waals surface area contributed by atoms with Gasteiger partial charge in [0.2, 0.25) is 0 Å². The summed E-state index contributed by atoms with van der Waals surface area (Å²) in [5.74, 6) is -0.107. The number of hydrogen-bond acceptors (Lipinski definition) is 3. The summed E-state index contributed by atoms with van der Waals surface area (Å²) in [6.07, 6.45) is 0. The Hall–Kier alpha value is -1.16. The lowest BCUT2D eigenvalue weighted by Crippen LogP contribution is -2.03. The van der Waals surface area contributed by atoms with Crippen molar-refractivity contribution in [1.29, 1.82) is 0 Å². The molecule has 74 valence electrons. The second kappa shape index (κ2) is 4.91. The van der Waals surface area contributed by atoms with Crippen LogP contribution in [0.25, 0.3) is 0 Å². The Morgan fingerprint density at radius 1 is 1.36 bits per heavy atom. The standard InChI is InChI=1S/C10H11BrN2O/c1-7-3-5-9(6-4-7)12-13-10(11)8(2)14/h3-6,12H,1-2H3. The molecule has 3 nitrogen and oxygen atoms in total. The summed E-state index contributed by atoms with van der Waals surface area (Å²) >= 11 is 3.05. The Bertz CT molecular complexity index is 357. The number of ketones is 1. The van der Waals surface area contributed by atoms with E-state index in [4.69, 9.17) is 0 Å². The number of carbonyl (C=O) groups is 1. The summed E-state index contributed by atoms with van der Waals surface area (Å²) in [4.78, 5) is 10.8. The summed E-state index contributed by atoms with van der Waals surface area (Å²) in [7, 11) is 0. The molecule has 0 unspecified atom stereocenters. The van der Waals surface area contributed by atoms with Gasteiger partial charge in [-0.25, -0.2) is 0 Å². The molecule has 0 atom stereocenters. The van der Waals surface area contributed by atoms with Crippen LogP contribution in [0.5, 0.6) is 0 Å². The number of anilines is 1. The van der Waals surface area contributed by atoms with E-state index in [0.29, 0.717) is 0 Å². The molecule has 0 aliphatic rings. The van der Waals surface area contributed by atoms with Crippen LogP contribution in [0, 0.1) is 6.92 Å². The monoisotopic (exact) mass is 254 g/mol. The maximum atomic E-state index is 10.8. The van der Waals surface area contributed by atoms with Gasteiger partial charge in [-0.2, -0.15) is 5.10 Å². The summed E-state index contributed by atoms with van der Waals surface area (Å²) in [6, 6.07) is 7.75. The fourth-order valence-corrected chi connectivity index (χ4v) is 0.909. The second-order valence-electron chi connectivity index (χ2n) is 2.94. The number of nitrogens with one attached hydrogen (secondary N) is 1. The fraction of sp³-hybridized carbons (Fsp3) is 0.200. The number of nitrogens with zero attached hydrogens (tertiary/aromatic N) is 1. The van der Waals surface area contributed by atoms with Crippen LogP contribution in [0.1, 0.15) is 12.5 Å². The van der Waals surface area contributed by atoms with Gasteiger partial charge in [0.25, 0.3) is 0 Å². The molecule has 1 aromatic rings. The van der Waals surface area contributed by atoms with Crippen molar-refractivity contribution in [2.24, 2.45) is 5.10 Å². The van der Waals surface area contributed by atoms with Crippen LogP contribution < -0.4 is 5.43 Å². The van der Waals surface area contributed by atoms with E-state index in [0.717, 1.165) is 5.69 Å². The van der Waals surface area contributed by atoms with Crippen LogP contribution in [0.15, 0.2) is 29.4 Å². The Morgan fingerprint density at radius 2 is 1.93 bits per heavy atom. The van der Waals surface area contributed by atoms with Crippen molar-refractivity contribution in [3.05, 3.63) is 29.8 Å². The molecular formula is C10H11BrN2O. The van der Waals surface area contributed by atoms with E-state index in [1.54, 1.807) is 0 Å². The van der Waals surface area contributed by atoms with Gasteiger partial charge in [0.1, 0.15) is 0 Å². The van der Waals surface area contributed by atoms with Gasteiger partial charge in [-0.3, -0.25) is 10.2 Å². The molecule has 0 aliphatic carbocycles. The smallest absolute Gasteiger partial charge is 0.187 e. The molecule has 0 fully saturated rings. The molecule has 14 heavy (non-hydrogen) atoms. The third-order valence-corrected chi connectivity index (χ3v) is 2.36. The summed E-state index contributed by atoms with van der Waals surface area (Å²) in [5, 5.41) is 3.86. The third-order valence-electron chi connectivity index (χ3n) is 1.63. The third kappa shape index (κ3) is 3.30. The topological polar surface area (TPSA) is 41.5 Å². The minimum Gasteiger partial charge on any atom is -0.292 e. The van der Waals surface area contributed by atoms with E-state index >= 15 is 0 Å². The van der Waals surface area contributed by atoms with Crippen molar-refractivity contribution in [2.75, 3.05) is 5.43 Å². The number of Topliss-reactive ketones (excluding diaryl/α,β-unsaturated/α-hetero) is 1. The van der Waals surface area contributed by atoms with E-state index in [1.807, 2.05) is 31.2 Å². The van der Waals surface area contributed by atoms with E-state index in [2.05, 4.69) is 26.5 Å². The highest BCUT2D eigenvalue weighted by Crippen LogP contribution is 2.08. The van der Waals surface area contributed by atoms with Gasteiger partial charge in [0.15, 0.2) is 10.4 Å². The van der Waals surface area contributed by atoms with Crippen LogP contribution in [0.2, 0.25) is 0 Å². The van der Waals surface area contributed by atoms with Crippen LogP contribution in [-0.2, 0) is 4.79 Å². The van der Waals surface area contributed by atoms with Crippen molar-refractivity contribution in [3.63, 3.8) is 0 Å². The molecule has 0 amide bonds. The van der Waals surface area contributed by atoms with Crippen molar-refractivity contribution in [1.82, 2.24) is 0 Å². The van der Waals surface area contributed by atoms with Gasteiger partial charge >= 0.3 is 0 Å². The Morgan fingerprint density at radius 3 is 2.43 bits per heavy atom. The highest BCUT2D eigenvalue weighted by atomic mass is 79.9. The normalized spacial score (nSPS) is 11.2. The van der Waals surface area contributed by atoms with Gasteiger partial charge in [-0.15, -0.1) is 0 Å². The first-order valence-corrected chi connectivity index (χ1v) is 4.95. The van der Waals surface area contributed by atoms with Crippen molar-refractivity contribution in [3.8, 4) is 0 Å². The van der Waals surface area contributed by atoms with Crippen molar-refractivity contribution in [2.45, 2.75) is 13.8 Å². The lowest BCUT2D eigenvalue weighted by atomic mass is 10.2. The molecule has 0 aromatic heterocycles. The van der Waals surface area contributed by atoms with E-state index in [1.165, 1.54) is 12.5 Å². The Kier molecular flexibility index (Phi) is 3.83. The molecule has 0 spiro atoms. The van der Waals surface area contributed by atoms with Gasteiger partial charge in [0.05, 0.1) is 5.69 Å². The predicted octanol–water partition coefficient (Wildman–Crippen LogP) is 2.70. The first kappa shape index (κ1) is 10.9. The Balaban J connectivity index is 2.66. The van der Waals surface area contributed by atoms with Gasteiger partial charge in [-0.05, 0) is 35.0 Å². The second-order valence-corrected chi connectivity index (χ2v) is 3.69. The molecule has 1 N–H and O–H groups in total. The first-order valence-electron chi connectivity index (χ1n) is 4.16. The number of halogens is 1. The van der Waals surface area contributed by atoms with Gasteiger partial charge < -0.3 is 0 Å². The summed E-state index contributed by atoms with van der Waals surface area (Å²) in [6.45, 7) is 3.46. The minimum atomic E-state index is -0.107. The zero-order valence-electron chi connectivity index (χ0n) is 8.04. The lowest BCUT2D eigenvalue weighted by Gasteiger charge is -2.00. The molecule has 4 heteroatoms. The maximum absolute atomic E-state index is 10.8. The number of aryl methyl sites for hydroxylation is 1. The lowest BCUT2D eigenvalue weighted by molar-refractivity contribution is -0.110. The maximum Gasteiger partial charge on any atom is 0.187 e. The molecule has 0 heterocycles. The van der Waals surface area contributed by atoms with E-state index in [9.17, 15) is 4.79 Å². The summed E-state index contributed by atoms with van der Waals surface area (Å²) in [5.41, 5.74) is 4.81. The van der Waals surface area contributed by atoms with Crippen molar-refractivity contribution < 1.29 is 4.79 Å². The van der Waals surface area contributed by atoms with E-state index in [-0.39, 0.29) is 10.4 Å². The van der Waals surface area contributed by atoms with Crippen LogP contribution in [-0.4, -0.2) is 10.4 Å². The number of hydrogen-bond donors (Lipinski definition) is 1. The van der Waals surface area contributed by atoms with Gasteiger partial charge in [-0.1, -0.05) is 17.7 Å². The quantitative estimate of drug-likeness (QED) is 0.666. The highest BCUT2D eigenvalue weighted by molar-refractivity contribution is 9.19. The zero-order chi connectivity index (χ0) is 10.6. The molecule has 0 saturated heterocycles. The number of carbonyl (C=O) groups excluding carboxylic acids is 1. The molecule has 0 bridgehead atoms. The van der Waals surface area contributed by atoms with Crippen LogP contribution in [0.3, 0.4) is 0 Å². The molecule has 0 saturated carbocycles. The van der Waals surface area contributed by atoms with Gasteiger partial charge in [0, 0.05) is 6.92 Å². The first-order chi connectivity index (χ1) is 6.59.